The van der Waals surface area contributed by atoms with E-state index in [1.165, 1.54) is 0 Å². The summed E-state index contributed by atoms with van der Waals surface area (Å²) in [5.74, 6) is 0.850. The van der Waals surface area contributed by atoms with Crippen LogP contribution in [0, 0.1) is 11.3 Å². The molecule has 2 heterocycles. The van der Waals surface area contributed by atoms with Gasteiger partial charge in [-0.05, 0) is 36.6 Å². The Labute approximate surface area is 146 Å². The number of carbonyl (C=O) groups is 1. The van der Waals surface area contributed by atoms with Crippen LogP contribution in [0.4, 0.5) is 0 Å². The van der Waals surface area contributed by atoms with Gasteiger partial charge in [-0.15, -0.1) is 11.3 Å². The molecule has 0 aliphatic carbocycles. The zero-order chi connectivity index (χ0) is 16.9. The quantitative estimate of drug-likeness (QED) is 0.851. The highest BCUT2D eigenvalue weighted by Gasteiger charge is 2.27. The Balaban J connectivity index is 1.54. The number of hydrogen-bond donors (Lipinski definition) is 0. The van der Waals surface area contributed by atoms with E-state index in [9.17, 15) is 4.79 Å². The van der Waals surface area contributed by atoms with E-state index in [1.807, 2.05) is 41.5 Å². The predicted octanol–water partition coefficient (Wildman–Crippen LogP) is 3.79. The first-order valence-corrected chi connectivity index (χ1v) is 9.04. The number of hydrogen-bond acceptors (Lipinski definition) is 4. The number of carbonyl (C=O) groups excluding carboxylic acids is 1. The average Bonchev–Trinajstić information content (AvgIpc) is 3.16. The number of nitriles is 1. The lowest BCUT2D eigenvalue weighted by molar-refractivity contribution is -0.134. The van der Waals surface area contributed by atoms with Crippen LogP contribution in [0.2, 0.25) is 0 Å². The van der Waals surface area contributed by atoms with Crippen LogP contribution in [-0.2, 0) is 4.79 Å². The lowest BCUT2D eigenvalue weighted by Crippen LogP contribution is -2.43. The van der Waals surface area contributed by atoms with Gasteiger partial charge in [0.2, 0.25) is 5.91 Å². The molecule has 0 radical (unpaired) electrons. The molecule has 1 saturated heterocycles. The van der Waals surface area contributed by atoms with Crippen molar-refractivity contribution in [3.8, 4) is 11.8 Å². The third-order valence-electron chi connectivity index (χ3n) is 4.36. The molecule has 1 aromatic carbocycles. The fourth-order valence-electron chi connectivity index (χ4n) is 2.96. The molecule has 124 valence electrons. The number of ether oxygens (including phenoxy) is 1. The van der Waals surface area contributed by atoms with Crippen molar-refractivity contribution in [2.24, 2.45) is 0 Å². The summed E-state index contributed by atoms with van der Waals surface area (Å²) in [5, 5.41) is 11.0. The number of thiophene rings is 1. The second-order valence-corrected chi connectivity index (χ2v) is 7.00. The number of amides is 1. The van der Waals surface area contributed by atoms with E-state index in [4.69, 9.17) is 10.00 Å². The smallest absolute Gasteiger partial charge is 0.230 e. The highest BCUT2D eigenvalue weighted by molar-refractivity contribution is 7.10. The molecule has 1 aliphatic heterocycles. The molecule has 1 amide bonds. The molecule has 3 rings (SSSR count). The molecule has 1 aliphatic rings. The molecule has 0 spiro atoms. The van der Waals surface area contributed by atoms with Crippen LogP contribution in [-0.4, -0.2) is 30.0 Å². The lowest BCUT2D eigenvalue weighted by Gasteiger charge is -2.33. The van der Waals surface area contributed by atoms with Crippen molar-refractivity contribution in [2.45, 2.75) is 31.8 Å². The maximum atomic E-state index is 12.6. The van der Waals surface area contributed by atoms with Crippen LogP contribution >= 0.6 is 11.3 Å². The van der Waals surface area contributed by atoms with Crippen molar-refractivity contribution in [3.63, 3.8) is 0 Å². The minimum Gasteiger partial charge on any atom is -0.490 e. The highest BCUT2D eigenvalue weighted by atomic mass is 32.1. The number of piperidine rings is 1. The van der Waals surface area contributed by atoms with E-state index in [1.54, 1.807) is 23.5 Å². The van der Waals surface area contributed by atoms with E-state index in [2.05, 4.69) is 6.07 Å². The maximum absolute atomic E-state index is 12.6. The molecule has 24 heavy (non-hydrogen) atoms. The van der Waals surface area contributed by atoms with Crippen LogP contribution in [0.3, 0.4) is 0 Å². The first-order chi connectivity index (χ1) is 11.7. The molecule has 2 aromatic rings. The van der Waals surface area contributed by atoms with Crippen molar-refractivity contribution in [3.05, 3.63) is 52.2 Å². The predicted molar refractivity (Wildman–Crippen MR) is 94.1 cm³/mol. The molecular formula is C19H20N2O2S. The fraction of sp³-hybridized carbons (Fsp3) is 0.368. The summed E-state index contributed by atoms with van der Waals surface area (Å²) in [7, 11) is 0. The SMILES string of the molecule is C[C@@H](C(=O)N1CCC(Oc2cccc(C#N)c2)CC1)c1cccs1. The summed E-state index contributed by atoms with van der Waals surface area (Å²) in [5.41, 5.74) is 0.602. The number of benzene rings is 1. The van der Waals surface area contributed by atoms with E-state index >= 15 is 0 Å². The third kappa shape index (κ3) is 3.77. The lowest BCUT2D eigenvalue weighted by atomic mass is 10.0. The largest absolute Gasteiger partial charge is 0.490 e. The first-order valence-electron chi connectivity index (χ1n) is 8.16. The van der Waals surface area contributed by atoms with Crippen LogP contribution in [0.1, 0.15) is 36.1 Å². The summed E-state index contributed by atoms with van der Waals surface area (Å²) in [6, 6.07) is 13.4. The Morgan fingerprint density at radius 2 is 2.12 bits per heavy atom. The molecule has 0 N–H and O–H groups in total. The molecule has 0 unspecified atom stereocenters. The second kappa shape index (κ2) is 7.50. The van der Waals surface area contributed by atoms with E-state index in [0.29, 0.717) is 5.56 Å². The molecule has 1 aromatic heterocycles. The number of rotatable bonds is 4. The topological polar surface area (TPSA) is 53.3 Å². The molecule has 5 heteroatoms. The normalized spacial score (nSPS) is 16.4. The Morgan fingerprint density at radius 1 is 1.33 bits per heavy atom. The van der Waals surface area contributed by atoms with Gasteiger partial charge in [-0.3, -0.25) is 4.79 Å². The third-order valence-corrected chi connectivity index (χ3v) is 5.41. The van der Waals surface area contributed by atoms with E-state index in [-0.39, 0.29) is 17.9 Å². The zero-order valence-corrected chi connectivity index (χ0v) is 14.5. The minimum absolute atomic E-state index is 0.0743. The number of nitrogens with zero attached hydrogens (tertiary/aromatic N) is 2. The summed E-state index contributed by atoms with van der Waals surface area (Å²) in [6.45, 7) is 3.42. The van der Waals surface area contributed by atoms with Crippen molar-refractivity contribution in [2.75, 3.05) is 13.1 Å². The van der Waals surface area contributed by atoms with Crippen LogP contribution in [0.15, 0.2) is 41.8 Å². The number of likely N-dealkylation sites (tertiary alicyclic amines) is 1. The van der Waals surface area contributed by atoms with Gasteiger partial charge in [-0.2, -0.15) is 5.26 Å². The van der Waals surface area contributed by atoms with Gasteiger partial charge in [0, 0.05) is 30.8 Å². The monoisotopic (exact) mass is 340 g/mol. The van der Waals surface area contributed by atoms with Crippen molar-refractivity contribution >= 4 is 17.2 Å². The van der Waals surface area contributed by atoms with Crippen molar-refractivity contribution in [1.82, 2.24) is 4.90 Å². The molecule has 4 nitrogen and oxygen atoms in total. The Kier molecular flexibility index (Phi) is 5.17. The molecule has 0 bridgehead atoms. The van der Waals surface area contributed by atoms with Gasteiger partial charge in [0.05, 0.1) is 17.6 Å². The average molecular weight is 340 g/mol. The molecule has 0 saturated carbocycles. The second-order valence-electron chi connectivity index (χ2n) is 6.02. The summed E-state index contributed by atoms with van der Waals surface area (Å²) in [6.07, 6.45) is 1.74. The molecule has 1 fully saturated rings. The minimum atomic E-state index is -0.0743. The molecule has 1 atom stereocenters. The van der Waals surface area contributed by atoms with E-state index < -0.39 is 0 Å². The van der Waals surface area contributed by atoms with Gasteiger partial charge in [-0.25, -0.2) is 0 Å². The Hall–Kier alpha value is -2.32. The van der Waals surface area contributed by atoms with Gasteiger partial charge in [0.15, 0.2) is 0 Å². The standard InChI is InChI=1S/C19H20N2O2S/c1-14(18-6-3-11-24-18)19(22)21-9-7-16(8-10-21)23-17-5-2-4-15(12-17)13-20/h2-6,11-12,14,16H,7-10H2,1H3/t14-/m1/s1. The highest BCUT2D eigenvalue weighted by Crippen LogP contribution is 2.25. The first kappa shape index (κ1) is 16.5. The Morgan fingerprint density at radius 3 is 2.79 bits per heavy atom. The zero-order valence-electron chi connectivity index (χ0n) is 13.6. The Bertz CT molecular complexity index is 728. The maximum Gasteiger partial charge on any atom is 0.230 e. The summed E-state index contributed by atoms with van der Waals surface area (Å²) >= 11 is 1.63. The summed E-state index contributed by atoms with van der Waals surface area (Å²) < 4.78 is 5.97. The van der Waals surface area contributed by atoms with Crippen LogP contribution in [0.25, 0.3) is 0 Å². The van der Waals surface area contributed by atoms with Gasteiger partial charge >= 0.3 is 0 Å². The molecular weight excluding hydrogens is 320 g/mol. The van der Waals surface area contributed by atoms with E-state index in [0.717, 1.165) is 36.6 Å². The summed E-state index contributed by atoms with van der Waals surface area (Å²) in [4.78, 5) is 15.7. The van der Waals surface area contributed by atoms with Gasteiger partial charge in [0.1, 0.15) is 11.9 Å². The van der Waals surface area contributed by atoms with Crippen LogP contribution in [0.5, 0.6) is 5.75 Å². The fourth-order valence-corrected chi connectivity index (χ4v) is 3.74. The van der Waals surface area contributed by atoms with Crippen molar-refractivity contribution < 1.29 is 9.53 Å². The van der Waals surface area contributed by atoms with Gasteiger partial charge < -0.3 is 9.64 Å². The van der Waals surface area contributed by atoms with Crippen LogP contribution < -0.4 is 4.74 Å². The van der Waals surface area contributed by atoms with Gasteiger partial charge in [-0.1, -0.05) is 12.1 Å². The van der Waals surface area contributed by atoms with Gasteiger partial charge in [0.25, 0.3) is 0 Å². The van der Waals surface area contributed by atoms with Crippen molar-refractivity contribution in [1.29, 1.82) is 5.26 Å².